The van der Waals surface area contributed by atoms with Crippen molar-refractivity contribution in [3.63, 3.8) is 0 Å². The van der Waals surface area contributed by atoms with Gasteiger partial charge in [-0.2, -0.15) is 0 Å². The van der Waals surface area contributed by atoms with Gasteiger partial charge < -0.3 is 16.0 Å². The van der Waals surface area contributed by atoms with Crippen molar-refractivity contribution in [2.75, 3.05) is 16.0 Å². The average Bonchev–Trinajstić information content (AvgIpc) is 2.79. The van der Waals surface area contributed by atoms with Gasteiger partial charge in [-0.25, -0.2) is 23.5 Å². The Morgan fingerprint density at radius 3 is 2.59 bits per heavy atom. The lowest BCUT2D eigenvalue weighted by Crippen LogP contribution is -2.20. The first-order chi connectivity index (χ1) is 15.5. The lowest BCUT2D eigenvalue weighted by molar-refractivity contribution is 0.262. The van der Waals surface area contributed by atoms with Crippen LogP contribution in [-0.4, -0.2) is 21.0 Å². The van der Waals surface area contributed by atoms with Crippen LogP contribution in [0.2, 0.25) is 0 Å². The minimum absolute atomic E-state index is 0.130. The highest BCUT2D eigenvalue weighted by Crippen LogP contribution is 2.24. The number of aryl methyl sites for hydroxylation is 1. The minimum Gasteiger partial charge on any atom is -0.324 e. The number of urea groups is 1. The molecule has 2 heterocycles. The molecule has 0 spiro atoms. The Labute approximate surface area is 182 Å². The summed E-state index contributed by atoms with van der Waals surface area (Å²) in [5.74, 6) is -1.21. The molecule has 0 atom stereocenters. The summed E-state index contributed by atoms with van der Waals surface area (Å²) in [7, 11) is 0. The van der Waals surface area contributed by atoms with Crippen molar-refractivity contribution in [3.05, 3.63) is 90.4 Å². The van der Waals surface area contributed by atoms with Gasteiger partial charge in [0.2, 0.25) is 5.95 Å². The number of halogens is 2. The van der Waals surface area contributed by atoms with Gasteiger partial charge in [-0.05, 0) is 55.0 Å². The number of pyridine rings is 1. The quantitative estimate of drug-likeness (QED) is 0.387. The Bertz CT molecular complexity index is 1270. The molecule has 4 aromatic rings. The van der Waals surface area contributed by atoms with E-state index >= 15 is 0 Å². The number of carbonyl (C=O) groups is 1. The minimum atomic E-state index is -0.864. The van der Waals surface area contributed by atoms with Crippen LogP contribution >= 0.6 is 0 Å². The Kier molecular flexibility index (Phi) is 5.98. The van der Waals surface area contributed by atoms with Crippen LogP contribution in [0.4, 0.5) is 36.6 Å². The first-order valence-electron chi connectivity index (χ1n) is 9.62. The third-order valence-corrected chi connectivity index (χ3v) is 4.53. The van der Waals surface area contributed by atoms with Crippen molar-refractivity contribution in [1.29, 1.82) is 0 Å². The highest BCUT2D eigenvalue weighted by Gasteiger charge is 2.10. The fraction of sp³-hybridized carbons (Fsp3) is 0.0435. The fourth-order valence-electron chi connectivity index (χ4n) is 2.92. The summed E-state index contributed by atoms with van der Waals surface area (Å²) in [6.45, 7) is 1.89. The highest BCUT2D eigenvalue weighted by molar-refractivity contribution is 6.00. The largest absolute Gasteiger partial charge is 0.324 e. The van der Waals surface area contributed by atoms with E-state index < -0.39 is 17.7 Å². The van der Waals surface area contributed by atoms with Gasteiger partial charge >= 0.3 is 6.03 Å². The zero-order valence-corrected chi connectivity index (χ0v) is 16.9. The van der Waals surface area contributed by atoms with Crippen molar-refractivity contribution in [3.8, 4) is 11.3 Å². The van der Waals surface area contributed by atoms with Crippen molar-refractivity contribution in [2.24, 2.45) is 0 Å². The summed E-state index contributed by atoms with van der Waals surface area (Å²) in [6, 6.07) is 13.0. The second kappa shape index (κ2) is 9.17. The molecule has 4 rings (SSSR count). The Balaban J connectivity index is 1.49. The topological polar surface area (TPSA) is 91.8 Å². The number of hydrogen-bond acceptors (Lipinski definition) is 5. The van der Waals surface area contributed by atoms with Gasteiger partial charge in [-0.15, -0.1) is 0 Å². The van der Waals surface area contributed by atoms with Gasteiger partial charge in [-0.3, -0.25) is 4.98 Å². The van der Waals surface area contributed by atoms with Gasteiger partial charge in [0.05, 0.1) is 11.4 Å². The molecule has 9 heteroatoms. The molecule has 2 aromatic heterocycles. The van der Waals surface area contributed by atoms with E-state index in [0.717, 1.165) is 23.3 Å². The van der Waals surface area contributed by atoms with Crippen molar-refractivity contribution < 1.29 is 13.6 Å². The SMILES string of the molecule is Cc1ccc(NC(=O)Nc2ccc(F)cc2F)cc1Nc1nccc(-c2cccnc2)n1. The molecular formula is C23H18F2N6O. The molecule has 3 N–H and O–H groups in total. The lowest BCUT2D eigenvalue weighted by Gasteiger charge is -2.13. The van der Waals surface area contributed by atoms with Gasteiger partial charge in [-0.1, -0.05) is 6.07 Å². The number of nitrogens with zero attached hydrogens (tertiary/aromatic N) is 3. The summed E-state index contributed by atoms with van der Waals surface area (Å²) in [6.07, 6.45) is 5.04. The number of amides is 2. The van der Waals surface area contributed by atoms with Crippen LogP contribution in [-0.2, 0) is 0 Å². The molecule has 0 fully saturated rings. The summed E-state index contributed by atoms with van der Waals surface area (Å²) < 4.78 is 26.8. The van der Waals surface area contributed by atoms with Gasteiger partial charge in [0.25, 0.3) is 0 Å². The molecule has 0 radical (unpaired) electrons. The third-order valence-electron chi connectivity index (χ3n) is 4.53. The summed E-state index contributed by atoms with van der Waals surface area (Å²) >= 11 is 0. The molecule has 2 aromatic carbocycles. The first kappa shape index (κ1) is 20.9. The standard InChI is InChI=1S/C23H18F2N6O/c1-14-4-6-17(28-23(32)31-20-7-5-16(24)11-18(20)25)12-21(14)30-22-27-10-8-19(29-22)15-3-2-9-26-13-15/h2-13H,1H3,(H,27,29,30)(H2,28,31,32). The Morgan fingerprint density at radius 1 is 0.938 bits per heavy atom. The summed E-state index contributed by atoms with van der Waals surface area (Å²) in [4.78, 5) is 25.1. The maximum atomic E-state index is 13.8. The van der Waals surface area contributed by atoms with Crippen molar-refractivity contribution in [2.45, 2.75) is 6.92 Å². The van der Waals surface area contributed by atoms with E-state index in [1.54, 1.807) is 42.9 Å². The van der Waals surface area contributed by atoms with E-state index in [9.17, 15) is 13.6 Å². The summed E-state index contributed by atoms with van der Waals surface area (Å²) in [5, 5.41) is 8.12. The Morgan fingerprint density at radius 2 is 1.81 bits per heavy atom. The van der Waals surface area contributed by atoms with Crippen LogP contribution in [0.15, 0.2) is 73.2 Å². The predicted molar refractivity (Wildman–Crippen MR) is 119 cm³/mol. The maximum absolute atomic E-state index is 13.8. The molecule has 0 saturated carbocycles. The number of hydrogen-bond donors (Lipinski definition) is 3. The second-order valence-corrected chi connectivity index (χ2v) is 6.87. The molecule has 2 amide bonds. The molecule has 7 nitrogen and oxygen atoms in total. The van der Waals surface area contributed by atoms with E-state index in [1.165, 1.54) is 0 Å². The van der Waals surface area contributed by atoms with E-state index in [0.29, 0.717) is 29.1 Å². The van der Waals surface area contributed by atoms with Crippen molar-refractivity contribution in [1.82, 2.24) is 15.0 Å². The smallest absolute Gasteiger partial charge is 0.323 e. The van der Waals surface area contributed by atoms with E-state index in [1.807, 2.05) is 19.1 Å². The monoisotopic (exact) mass is 432 g/mol. The van der Waals surface area contributed by atoms with Crippen LogP contribution in [0.25, 0.3) is 11.3 Å². The Hall–Kier alpha value is -4.40. The van der Waals surface area contributed by atoms with Crippen LogP contribution in [0.5, 0.6) is 0 Å². The number of carbonyl (C=O) groups excluding carboxylic acids is 1. The second-order valence-electron chi connectivity index (χ2n) is 6.87. The number of benzene rings is 2. The molecule has 0 saturated heterocycles. The number of anilines is 4. The van der Waals surface area contributed by atoms with Crippen LogP contribution in [0, 0.1) is 18.6 Å². The zero-order chi connectivity index (χ0) is 22.5. The number of aromatic nitrogens is 3. The maximum Gasteiger partial charge on any atom is 0.323 e. The number of nitrogens with one attached hydrogen (secondary N) is 3. The van der Waals surface area contributed by atoms with Crippen LogP contribution in [0.1, 0.15) is 5.56 Å². The van der Waals surface area contributed by atoms with Gasteiger partial charge in [0.15, 0.2) is 0 Å². The lowest BCUT2D eigenvalue weighted by atomic mass is 10.2. The molecule has 160 valence electrons. The molecular weight excluding hydrogens is 414 g/mol. The molecule has 0 unspecified atom stereocenters. The first-order valence-corrected chi connectivity index (χ1v) is 9.62. The normalized spacial score (nSPS) is 10.5. The molecule has 32 heavy (non-hydrogen) atoms. The zero-order valence-electron chi connectivity index (χ0n) is 16.9. The van der Waals surface area contributed by atoms with E-state index in [2.05, 4.69) is 30.9 Å². The number of rotatable bonds is 5. The fourth-order valence-corrected chi connectivity index (χ4v) is 2.92. The van der Waals surface area contributed by atoms with Crippen LogP contribution < -0.4 is 16.0 Å². The van der Waals surface area contributed by atoms with Crippen LogP contribution in [0.3, 0.4) is 0 Å². The molecule has 0 aliphatic rings. The van der Waals surface area contributed by atoms with E-state index in [4.69, 9.17) is 0 Å². The van der Waals surface area contributed by atoms with Gasteiger partial charge in [0.1, 0.15) is 11.6 Å². The van der Waals surface area contributed by atoms with Gasteiger partial charge in [0, 0.05) is 41.6 Å². The summed E-state index contributed by atoms with van der Waals surface area (Å²) in [5.41, 5.74) is 3.48. The highest BCUT2D eigenvalue weighted by atomic mass is 19.1. The average molecular weight is 432 g/mol. The molecule has 0 aliphatic carbocycles. The molecule has 0 aliphatic heterocycles. The van der Waals surface area contributed by atoms with E-state index in [-0.39, 0.29) is 5.69 Å². The predicted octanol–water partition coefficient (Wildman–Crippen LogP) is 5.51. The molecule has 0 bridgehead atoms. The third kappa shape index (κ3) is 5.01. The van der Waals surface area contributed by atoms with Crippen molar-refractivity contribution >= 4 is 29.0 Å².